The number of aliphatic carboxylic acids is 1. The van der Waals surface area contributed by atoms with Gasteiger partial charge in [-0.2, -0.15) is 0 Å². The Kier molecular flexibility index (Phi) is 13.4. The highest BCUT2D eigenvalue weighted by molar-refractivity contribution is 7.92. The standard InChI is InChI=1S/C22H28FN3O6S.C2H7NO2/c1-13(2)20-18(10-9-16(27)11-17(28)12-19(29)30)21(14-5-7-15(23)8-6-14)25-22(24-20)26(3)33(4,31)32;4-1-3-2-5/h5-10,13,16-17,27-28H,11-12H2,1-4H3,(H,29,30);3-5H,1-2H2/b10-9+;/t16-,17-;/m1./s1. The molecule has 0 aliphatic carbocycles. The van der Waals surface area contributed by atoms with Crippen LogP contribution in [0.25, 0.3) is 17.3 Å². The van der Waals surface area contributed by atoms with Crippen molar-refractivity contribution in [2.45, 2.75) is 44.8 Å². The number of carboxylic acid groups (broad SMARTS) is 1. The molecule has 0 aliphatic rings. The minimum absolute atomic E-state index is 0.0312. The van der Waals surface area contributed by atoms with Gasteiger partial charge in [0.25, 0.3) is 0 Å². The van der Waals surface area contributed by atoms with Crippen LogP contribution in [0.15, 0.2) is 30.3 Å². The molecule has 212 valence electrons. The SMILES string of the molecule is CC(C)c1nc(N(C)S(C)(=O)=O)nc(-c2ccc(F)cc2)c1/C=C/[C@@H](O)C[C@@H](O)CC(=O)[O-].OC[NH2+]CO. The molecule has 0 saturated heterocycles. The van der Waals surface area contributed by atoms with Crippen LogP contribution in [0.4, 0.5) is 10.3 Å². The zero-order valence-electron chi connectivity index (χ0n) is 21.7. The Labute approximate surface area is 221 Å². The molecular formula is C24H35FN4O8S. The van der Waals surface area contributed by atoms with E-state index in [2.05, 4.69) is 9.97 Å². The van der Waals surface area contributed by atoms with Crippen molar-refractivity contribution in [2.24, 2.45) is 0 Å². The predicted octanol–water partition coefficient (Wildman–Crippen LogP) is -1.48. The smallest absolute Gasteiger partial charge is 0.239 e. The molecule has 12 nitrogen and oxygen atoms in total. The van der Waals surface area contributed by atoms with Crippen LogP contribution in [0.2, 0.25) is 0 Å². The molecule has 1 aromatic carbocycles. The number of nitrogens with zero attached hydrogens (tertiary/aromatic N) is 3. The number of hydrogen-bond acceptors (Lipinski definition) is 10. The van der Waals surface area contributed by atoms with Gasteiger partial charge in [0.05, 0.1) is 29.9 Å². The van der Waals surface area contributed by atoms with Crippen LogP contribution < -0.4 is 14.7 Å². The topological polar surface area (TPSA) is 201 Å². The molecule has 0 fully saturated rings. The summed E-state index contributed by atoms with van der Waals surface area (Å²) in [6.07, 6.45) is 0.578. The lowest BCUT2D eigenvalue weighted by Gasteiger charge is -2.20. The van der Waals surface area contributed by atoms with Crippen molar-refractivity contribution in [3.8, 4) is 11.3 Å². The number of benzene rings is 1. The van der Waals surface area contributed by atoms with Gasteiger partial charge < -0.3 is 35.6 Å². The van der Waals surface area contributed by atoms with Crippen molar-refractivity contribution in [3.05, 3.63) is 47.4 Å². The van der Waals surface area contributed by atoms with E-state index < -0.39 is 40.4 Å². The maximum atomic E-state index is 13.5. The third-order valence-electron chi connectivity index (χ3n) is 5.07. The number of carboxylic acids is 1. The maximum absolute atomic E-state index is 13.5. The van der Waals surface area contributed by atoms with Crippen LogP contribution in [0, 0.1) is 5.82 Å². The lowest BCUT2D eigenvalue weighted by atomic mass is 9.97. The Hall–Kier alpha value is -3.01. The first-order valence-corrected chi connectivity index (χ1v) is 13.4. The van der Waals surface area contributed by atoms with Gasteiger partial charge in [-0.15, -0.1) is 0 Å². The normalized spacial score (nSPS) is 13.2. The van der Waals surface area contributed by atoms with E-state index in [1.807, 2.05) is 13.8 Å². The first kappa shape index (κ1) is 33.0. The molecule has 1 heterocycles. The number of anilines is 1. The Morgan fingerprint density at radius 1 is 1.16 bits per heavy atom. The summed E-state index contributed by atoms with van der Waals surface area (Å²) in [7, 11) is -2.34. The van der Waals surface area contributed by atoms with E-state index in [-0.39, 0.29) is 31.7 Å². The minimum Gasteiger partial charge on any atom is -0.550 e. The molecule has 2 rings (SSSR count). The van der Waals surface area contributed by atoms with Gasteiger partial charge >= 0.3 is 0 Å². The van der Waals surface area contributed by atoms with Crippen LogP contribution in [-0.2, 0) is 14.8 Å². The van der Waals surface area contributed by atoms with Crippen LogP contribution in [-0.4, -0.2) is 83.8 Å². The fraction of sp³-hybridized carbons (Fsp3) is 0.458. The molecule has 0 amide bonds. The maximum Gasteiger partial charge on any atom is 0.239 e. The molecule has 0 aliphatic heterocycles. The fourth-order valence-electron chi connectivity index (χ4n) is 3.09. The monoisotopic (exact) mass is 558 g/mol. The third-order valence-corrected chi connectivity index (χ3v) is 6.22. The molecule has 14 heteroatoms. The summed E-state index contributed by atoms with van der Waals surface area (Å²) >= 11 is 0. The number of sulfonamides is 1. The van der Waals surface area contributed by atoms with E-state index in [4.69, 9.17) is 10.2 Å². The van der Waals surface area contributed by atoms with Crippen molar-refractivity contribution in [2.75, 3.05) is 31.1 Å². The quantitative estimate of drug-likeness (QED) is 0.191. The van der Waals surface area contributed by atoms with Gasteiger partial charge in [0.1, 0.15) is 5.82 Å². The molecule has 0 radical (unpaired) electrons. The van der Waals surface area contributed by atoms with Crippen molar-refractivity contribution in [3.63, 3.8) is 0 Å². The second-order valence-corrected chi connectivity index (χ2v) is 10.6. The van der Waals surface area contributed by atoms with Crippen LogP contribution >= 0.6 is 0 Å². The van der Waals surface area contributed by atoms with Crippen molar-refractivity contribution >= 4 is 28.0 Å². The summed E-state index contributed by atoms with van der Waals surface area (Å²) in [6.45, 7) is 3.63. The van der Waals surface area contributed by atoms with Crippen LogP contribution in [0.3, 0.4) is 0 Å². The van der Waals surface area contributed by atoms with E-state index in [0.29, 0.717) is 22.5 Å². The lowest BCUT2D eigenvalue weighted by molar-refractivity contribution is -0.710. The Balaban J connectivity index is 0.00000132. The van der Waals surface area contributed by atoms with Crippen LogP contribution in [0.1, 0.15) is 43.9 Å². The highest BCUT2D eigenvalue weighted by Gasteiger charge is 2.22. The number of quaternary nitrogens is 1. The van der Waals surface area contributed by atoms with Gasteiger partial charge in [-0.25, -0.2) is 27.1 Å². The van der Waals surface area contributed by atoms with Gasteiger partial charge in [-0.05, 0) is 30.2 Å². The largest absolute Gasteiger partial charge is 0.550 e. The number of carbonyl (C=O) groups excluding carboxylic acids is 1. The summed E-state index contributed by atoms with van der Waals surface area (Å²) < 4.78 is 38.6. The van der Waals surface area contributed by atoms with Gasteiger partial charge in [-0.3, -0.25) is 0 Å². The number of carbonyl (C=O) groups is 1. The highest BCUT2D eigenvalue weighted by atomic mass is 32.2. The highest BCUT2D eigenvalue weighted by Crippen LogP contribution is 2.31. The minimum atomic E-state index is -3.66. The average Bonchev–Trinajstić information content (AvgIpc) is 2.82. The summed E-state index contributed by atoms with van der Waals surface area (Å²) in [6, 6.07) is 5.46. The molecule has 2 atom stereocenters. The molecular weight excluding hydrogens is 523 g/mol. The number of aromatic nitrogens is 2. The number of rotatable bonds is 12. The Morgan fingerprint density at radius 3 is 2.18 bits per heavy atom. The van der Waals surface area contributed by atoms with Crippen molar-refractivity contribution in [1.29, 1.82) is 0 Å². The molecule has 2 aromatic rings. The second-order valence-electron chi connectivity index (χ2n) is 8.61. The Morgan fingerprint density at radius 2 is 1.74 bits per heavy atom. The van der Waals surface area contributed by atoms with E-state index >= 15 is 0 Å². The molecule has 0 saturated carbocycles. The van der Waals surface area contributed by atoms with Gasteiger partial charge in [0.15, 0.2) is 13.5 Å². The summed E-state index contributed by atoms with van der Waals surface area (Å²) in [5.74, 6) is -2.14. The van der Waals surface area contributed by atoms with Gasteiger partial charge in [-0.1, -0.05) is 26.0 Å². The summed E-state index contributed by atoms with van der Waals surface area (Å²) in [5, 5.41) is 47.6. The van der Waals surface area contributed by atoms with Crippen LogP contribution in [0.5, 0.6) is 0 Å². The molecule has 6 N–H and O–H groups in total. The average molecular weight is 559 g/mol. The number of aliphatic hydroxyl groups excluding tert-OH is 4. The number of hydrogen-bond donors (Lipinski definition) is 5. The molecule has 38 heavy (non-hydrogen) atoms. The molecule has 0 unspecified atom stereocenters. The zero-order chi connectivity index (χ0) is 29.0. The van der Waals surface area contributed by atoms with Crippen molar-refractivity contribution < 1.29 is 48.5 Å². The predicted molar refractivity (Wildman–Crippen MR) is 136 cm³/mol. The Bertz CT molecular complexity index is 1170. The number of halogens is 1. The van der Waals surface area contributed by atoms with Crippen molar-refractivity contribution in [1.82, 2.24) is 9.97 Å². The molecule has 1 aromatic heterocycles. The van der Waals surface area contributed by atoms with E-state index in [0.717, 1.165) is 10.6 Å². The first-order valence-electron chi connectivity index (χ1n) is 11.6. The van der Waals surface area contributed by atoms with E-state index in [9.17, 15) is 32.9 Å². The van der Waals surface area contributed by atoms with E-state index in [1.165, 1.54) is 48.8 Å². The molecule has 0 bridgehead atoms. The number of aliphatic hydroxyl groups is 4. The third kappa shape index (κ3) is 10.8. The lowest BCUT2D eigenvalue weighted by Crippen LogP contribution is -2.84. The second kappa shape index (κ2) is 15.4. The first-order chi connectivity index (χ1) is 17.7. The van der Waals surface area contributed by atoms with Gasteiger partial charge in [0.2, 0.25) is 16.0 Å². The molecule has 0 spiro atoms. The summed E-state index contributed by atoms with van der Waals surface area (Å²) in [4.78, 5) is 19.4. The zero-order valence-corrected chi connectivity index (χ0v) is 22.5. The van der Waals surface area contributed by atoms with E-state index in [1.54, 1.807) is 0 Å². The van der Waals surface area contributed by atoms with Gasteiger partial charge in [0, 0.05) is 37.0 Å². The number of nitrogens with two attached hydrogens (primary N) is 1. The summed E-state index contributed by atoms with van der Waals surface area (Å²) in [5.41, 5.74) is 1.76. The fourth-order valence-corrected chi connectivity index (χ4v) is 3.47.